The van der Waals surface area contributed by atoms with Crippen molar-refractivity contribution in [2.45, 2.75) is 80.6 Å². The van der Waals surface area contributed by atoms with Gasteiger partial charge < -0.3 is 14.6 Å². The molecule has 1 fully saturated rings. The van der Waals surface area contributed by atoms with Gasteiger partial charge in [-0.15, -0.1) is 0 Å². The molecule has 1 saturated heterocycles. The number of pyridine rings is 1. The van der Waals surface area contributed by atoms with Crippen LogP contribution in [0.25, 0.3) is 22.2 Å². The second-order valence-electron chi connectivity index (χ2n) is 10.7. The molecule has 0 unspecified atom stereocenters. The summed E-state index contributed by atoms with van der Waals surface area (Å²) in [6.45, 7) is 17.4. The normalized spacial score (nSPS) is 14.8. The molecule has 0 radical (unpaired) electrons. The lowest BCUT2D eigenvalue weighted by molar-refractivity contribution is -0.106. The Morgan fingerprint density at radius 3 is 2.05 bits per heavy atom. The fourth-order valence-corrected chi connectivity index (χ4v) is 5.50. The van der Waals surface area contributed by atoms with E-state index >= 15 is 0 Å². The third-order valence-corrected chi connectivity index (χ3v) is 7.57. The second-order valence-corrected chi connectivity index (χ2v) is 10.7. The van der Waals surface area contributed by atoms with Gasteiger partial charge in [-0.05, 0) is 88.4 Å². The van der Waals surface area contributed by atoms with E-state index in [1.54, 1.807) is 0 Å². The Bertz CT molecular complexity index is 1340. The van der Waals surface area contributed by atoms with Crippen molar-refractivity contribution in [1.29, 1.82) is 0 Å². The van der Waals surface area contributed by atoms with E-state index in [0.29, 0.717) is 0 Å². The fourth-order valence-electron chi connectivity index (χ4n) is 5.50. The number of aliphatic imine (C=N–C) groups is 1. The van der Waals surface area contributed by atoms with Crippen LogP contribution in [0.15, 0.2) is 41.4 Å². The molecule has 1 amide bonds. The topological polar surface area (TPSA) is 65.9 Å². The van der Waals surface area contributed by atoms with Crippen LogP contribution in [0.4, 0.5) is 0 Å². The van der Waals surface area contributed by atoms with E-state index in [9.17, 15) is 4.79 Å². The minimum Gasteiger partial charge on any atom is -0.336 e. The average molecular weight is 573 g/mol. The molecule has 3 aromatic rings. The Hall–Kier alpha value is -3.38. The first kappa shape index (κ1) is 34.8. The molecule has 6 nitrogen and oxygen atoms in total. The van der Waals surface area contributed by atoms with Crippen molar-refractivity contribution in [3.05, 3.63) is 64.2 Å². The first-order chi connectivity index (χ1) is 20.3. The van der Waals surface area contributed by atoms with Crippen molar-refractivity contribution < 1.29 is 9.59 Å². The zero-order chi connectivity index (χ0) is 31.2. The number of aromatic nitrogens is 1. The van der Waals surface area contributed by atoms with Gasteiger partial charge in [-0.2, -0.15) is 0 Å². The van der Waals surface area contributed by atoms with Gasteiger partial charge in [0.1, 0.15) is 6.29 Å². The average Bonchev–Trinajstić information content (AvgIpc) is 3.02. The molecule has 0 N–H and O–H groups in total. The number of carbonyl (C=O) groups excluding carboxylic acids is 2. The van der Waals surface area contributed by atoms with Crippen LogP contribution in [-0.2, 0) is 17.6 Å². The summed E-state index contributed by atoms with van der Waals surface area (Å²) in [6.07, 6.45) is 6.52. The Morgan fingerprint density at radius 1 is 0.952 bits per heavy atom. The zero-order valence-corrected chi connectivity index (χ0v) is 27.5. The van der Waals surface area contributed by atoms with Crippen molar-refractivity contribution in [3.63, 3.8) is 0 Å². The van der Waals surface area contributed by atoms with Gasteiger partial charge in [0, 0.05) is 61.0 Å². The molecule has 1 aliphatic carbocycles. The van der Waals surface area contributed by atoms with Crippen LogP contribution in [0, 0.1) is 6.92 Å². The number of amides is 1. The van der Waals surface area contributed by atoms with Gasteiger partial charge in [-0.3, -0.25) is 9.79 Å². The quantitative estimate of drug-likeness (QED) is 0.240. The SMILES string of the molecule is CC.CC=O.CCC.CN=C(C)c1c(C)ccc2nc(-c3ccc(C(=O)N4CCN(C)CC4)cc3)c3c(c12)CCCC3. The predicted molar refractivity (Wildman–Crippen MR) is 179 cm³/mol. The van der Waals surface area contributed by atoms with Crippen LogP contribution in [0.3, 0.4) is 0 Å². The number of hydrogen-bond acceptors (Lipinski definition) is 5. The van der Waals surface area contributed by atoms with E-state index < -0.39 is 0 Å². The van der Waals surface area contributed by atoms with Gasteiger partial charge in [-0.25, -0.2) is 4.98 Å². The van der Waals surface area contributed by atoms with Crippen molar-refractivity contribution in [1.82, 2.24) is 14.8 Å². The van der Waals surface area contributed by atoms with Gasteiger partial charge in [0.25, 0.3) is 5.91 Å². The summed E-state index contributed by atoms with van der Waals surface area (Å²) in [5.74, 6) is 0.127. The molecule has 5 rings (SSSR count). The molecule has 42 heavy (non-hydrogen) atoms. The highest BCUT2D eigenvalue weighted by Crippen LogP contribution is 2.37. The molecular weight excluding hydrogens is 520 g/mol. The molecular formula is C36H52N4O2. The van der Waals surface area contributed by atoms with Crippen LogP contribution < -0.4 is 0 Å². The minimum atomic E-state index is 0.127. The van der Waals surface area contributed by atoms with Crippen LogP contribution in [0.1, 0.15) is 93.4 Å². The lowest BCUT2D eigenvalue weighted by Crippen LogP contribution is -2.47. The molecule has 1 aromatic heterocycles. The van der Waals surface area contributed by atoms with Crippen LogP contribution in [0.2, 0.25) is 0 Å². The van der Waals surface area contributed by atoms with Crippen LogP contribution in [0.5, 0.6) is 0 Å². The summed E-state index contributed by atoms with van der Waals surface area (Å²) in [5, 5.41) is 1.28. The number of aryl methyl sites for hydroxylation is 2. The lowest BCUT2D eigenvalue weighted by Gasteiger charge is -2.32. The molecule has 6 heteroatoms. The number of nitrogens with zero attached hydrogens (tertiary/aromatic N) is 4. The van der Waals surface area contributed by atoms with E-state index in [-0.39, 0.29) is 5.91 Å². The molecule has 0 saturated carbocycles. The second kappa shape index (κ2) is 17.5. The summed E-state index contributed by atoms with van der Waals surface area (Å²) in [7, 11) is 3.97. The van der Waals surface area contributed by atoms with Gasteiger partial charge in [0.05, 0.1) is 11.2 Å². The smallest absolute Gasteiger partial charge is 0.253 e. The van der Waals surface area contributed by atoms with Crippen molar-refractivity contribution >= 4 is 28.8 Å². The van der Waals surface area contributed by atoms with Crippen molar-refractivity contribution in [2.24, 2.45) is 4.99 Å². The Kier molecular flexibility index (Phi) is 14.5. The summed E-state index contributed by atoms with van der Waals surface area (Å²) < 4.78 is 0. The van der Waals surface area contributed by atoms with E-state index in [1.807, 2.05) is 37.9 Å². The lowest BCUT2D eigenvalue weighted by atomic mass is 9.83. The number of fused-ring (bicyclic) bond motifs is 3. The largest absolute Gasteiger partial charge is 0.336 e. The number of piperazine rings is 1. The first-order valence-corrected chi connectivity index (χ1v) is 15.7. The standard InChI is InChI=1S/C29H34N4O.C3H8.C2H4O.C2H6/c1-19-9-14-25-27(26(19)20(2)30-3)23-7-5-6-8-24(23)28(31-25)21-10-12-22(13-11-21)29(34)33-17-15-32(4)16-18-33;1-3-2;1-2-3;1-2/h9-14H,5-8,15-18H2,1-4H3;3H2,1-2H3;2H,1H3;1-2H3. The Balaban J connectivity index is 0.000000699. The van der Waals surface area contributed by atoms with Crippen molar-refractivity contribution in [2.75, 3.05) is 40.3 Å². The van der Waals surface area contributed by atoms with E-state index in [4.69, 9.17) is 9.78 Å². The number of hydrogen-bond donors (Lipinski definition) is 0. The minimum absolute atomic E-state index is 0.127. The molecule has 0 bridgehead atoms. The third-order valence-electron chi connectivity index (χ3n) is 7.57. The van der Waals surface area contributed by atoms with Crippen LogP contribution in [-0.4, -0.2) is 73.0 Å². The molecule has 0 spiro atoms. The maximum absolute atomic E-state index is 13.0. The third kappa shape index (κ3) is 8.34. The highest BCUT2D eigenvalue weighted by Gasteiger charge is 2.24. The molecule has 1 aliphatic heterocycles. The number of benzene rings is 2. The number of likely N-dealkylation sites (N-methyl/N-ethyl adjacent to an activating group) is 1. The van der Waals surface area contributed by atoms with Gasteiger partial charge in [-0.1, -0.05) is 52.3 Å². The maximum Gasteiger partial charge on any atom is 0.253 e. The first-order valence-electron chi connectivity index (χ1n) is 15.7. The van der Waals surface area contributed by atoms with E-state index in [1.165, 1.54) is 53.8 Å². The number of rotatable bonds is 3. The van der Waals surface area contributed by atoms with E-state index in [2.05, 4.69) is 68.9 Å². The Labute approximate surface area is 254 Å². The van der Waals surface area contributed by atoms with E-state index in [0.717, 1.165) is 73.4 Å². The van der Waals surface area contributed by atoms with Gasteiger partial charge >= 0.3 is 0 Å². The monoisotopic (exact) mass is 572 g/mol. The number of carbonyl (C=O) groups is 2. The zero-order valence-electron chi connectivity index (χ0n) is 27.5. The summed E-state index contributed by atoms with van der Waals surface area (Å²) >= 11 is 0. The number of aldehydes is 1. The van der Waals surface area contributed by atoms with Crippen LogP contribution >= 0.6 is 0 Å². The highest BCUT2D eigenvalue weighted by atomic mass is 16.2. The summed E-state index contributed by atoms with van der Waals surface area (Å²) in [5.41, 5.74) is 10.3. The van der Waals surface area contributed by atoms with Gasteiger partial charge in [0.15, 0.2) is 0 Å². The highest BCUT2D eigenvalue weighted by molar-refractivity contribution is 6.12. The molecule has 2 aliphatic rings. The van der Waals surface area contributed by atoms with Gasteiger partial charge in [0.2, 0.25) is 0 Å². The Morgan fingerprint density at radius 2 is 1.50 bits per heavy atom. The summed E-state index contributed by atoms with van der Waals surface area (Å²) in [4.78, 5) is 35.8. The fraction of sp³-hybridized carbons (Fsp3) is 0.500. The molecule has 0 atom stereocenters. The van der Waals surface area contributed by atoms with Crippen molar-refractivity contribution in [3.8, 4) is 11.3 Å². The molecule has 228 valence electrons. The predicted octanol–water partition coefficient (Wildman–Crippen LogP) is 7.56. The summed E-state index contributed by atoms with van der Waals surface area (Å²) in [6, 6.07) is 12.4. The maximum atomic E-state index is 13.0. The molecule has 2 heterocycles. The molecule has 2 aromatic carbocycles.